The van der Waals surface area contributed by atoms with Crippen LogP contribution in [0.1, 0.15) is 74.5 Å². The highest BCUT2D eigenvalue weighted by Gasteiger charge is 2.52. The molecule has 0 N–H and O–H groups in total. The number of fused-ring (bicyclic) bond motifs is 3. The summed E-state index contributed by atoms with van der Waals surface area (Å²) in [6.45, 7) is 4.40. The minimum Gasteiger partial charge on any atom is -0.467 e. The average molecular weight is 436 g/mol. The van der Waals surface area contributed by atoms with Gasteiger partial charge in [-0.05, 0) is 63.8 Å². The molecule has 0 radical (unpaired) electrons. The molecule has 32 heavy (non-hydrogen) atoms. The second kappa shape index (κ2) is 7.80. The fraction of sp³-hybridized carbons (Fsp3) is 0.480. The molecule has 0 spiro atoms. The second-order valence-corrected chi connectivity index (χ2v) is 9.25. The fourth-order valence-corrected chi connectivity index (χ4v) is 5.31. The number of hydrogen-bond donors (Lipinski definition) is 0. The molecule has 2 atom stereocenters. The number of nitrogens with zero attached hydrogens (tertiary/aromatic N) is 3. The lowest BCUT2D eigenvalue weighted by molar-refractivity contribution is -0.134. The SMILES string of the molecule is CC(c1ccco1)N(C(=O)CCCN1C(=O)c2ccccc2N2C(=O)CCC12C)C1CC1. The Morgan fingerprint density at radius 3 is 2.72 bits per heavy atom. The lowest BCUT2D eigenvalue weighted by Gasteiger charge is -2.48. The Bertz CT molecular complexity index is 1050. The molecule has 5 rings (SSSR count). The quantitative estimate of drug-likeness (QED) is 0.656. The van der Waals surface area contributed by atoms with Crippen LogP contribution in [0.4, 0.5) is 5.69 Å². The van der Waals surface area contributed by atoms with E-state index >= 15 is 0 Å². The number of hydrogen-bond acceptors (Lipinski definition) is 4. The van der Waals surface area contributed by atoms with E-state index in [2.05, 4.69) is 0 Å². The first-order valence-corrected chi connectivity index (χ1v) is 11.5. The van der Waals surface area contributed by atoms with Gasteiger partial charge in [-0.1, -0.05) is 12.1 Å². The molecule has 1 saturated carbocycles. The Kier molecular flexibility index (Phi) is 5.07. The maximum absolute atomic E-state index is 13.3. The molecule has 1 aromatic carbocycles. The maximum atomic E-state index is 13.3. The van der Waals surface area contributed by atoms with Crippen molar-refractivity contribution in [1.82, 2.24) is 9.80 Å². The van der Waals surface area contributed by atoms with Crippen molar-refractivity contribution >= 4 is 23.4 Å². The van der Waals surface area contributed by atoms with Crippen LogP contribution in [-0.2, 0) is 9.59 Å². The highest BCUT2D eigenvalue weighted by Crippen LogP contribution is 2.44. The van der Waals surface area contributed by atoms with Crippen LogP contribution in [0.15, 0.2) is 47.1 Å². The number of anilines is 1. The van der Waals surface area contributed by atoms with Crippen molar-refractivity contribution in [2.24, 2.45) is 0 Å². The molecule has 2 fully saturated rings. The van der Waals surface area contributed by atoms with Gasteiger partial charge in [0, 0.05) is 25.4 Å². The van der Waals surface area contributed by atoms with Crippen LogP contribution in [0.3, 0.4) is 0 Å². The maximum Gasteiger partial charge on any atom is 0.257 e. The van der Waals surface area contributed by atoms with Crippen molar-refractivity contribution in [3.63, 3.8) is 0 Å². The van der Waals surface area contributed by atoms with Gasteiger partial charge in [-0.15, -0.1) is 0 Å². The molecule has 3 heterocycles. The molecule has 1 aliphatic carbocycles. The van der Waals surface area contributed by atoms with E-state index in [0.29, 0.717) is 43.5 Å². The molecular formula is C25H29N3O4. The van der Waals surface area contributed by atoms with Gasteiger partial charge in [0.2, 0.25) is 11.8 Å². The first-order chi connectivity index (χ1) is 15.4. The highest BCUT2D eigenvalue weighted by atomic mass is 16.3. The van der Waals surface area contributed by atoms with Gasteiger partial charge >= 0.3 is 0 Å². The molecule has 0 bridgehead atoms. The van der Waals surface area contributed by atoms with Gasteiger partial charge in [0.05, 0.1) is 23.6 Å². The van der Waals surface area contributed by atoms with Gasteiger partial charge < -0.3 is 14.2 Å². The zero-order valence-electron chi connectivity index (χ0n) is 18.6. The van der Waals surface area contributed by atoms with Gasteiger partial charge in [0.15, 0.2) is 0 Å². The van der Waals surface area contributed by atoms with Gasteiger partial charge in [-0.2, -0.15) is 0 Å². The number of furan rings is 1. The lowest BCUT2D eigenvalue weighted by atomic mass is 9.97. The fourth-order valence-electron chi connectivity index (χ4n) is 5.31. The number of amides is 3. The summed E-state index contributed by atoms with van der Waals surface area (Å²) in [5.41, 5.74) is 0.572. The van der Waals surface area contributed by atoms with Crippen LogP contribution in [0, 0.1) is 0 Å². The van der Waals surface area contributed by atoms with E-state index in [4.69, 9.17) is 4.42 Å². The van der Waals surface area contributed by atoms with E-state index in [1.54, 1.807) is 22.1 Å². The Morgan fingerprint density at radius 1 is 1.22 bits per heavy atom. The molecule has 2 aliphatic heterocycles. The van der Waals surface area contributed by atoms with Crippen LogP contribution >= 0.6 is 0 Å². The smallest absolute Gasteiger partial charge is 0.257 e. The van der Waals surface area contributed by atoms with E-state index in [-0.39, 0.29) is 29.8 Å². The number of carbonyl (C=O) groups is 3. The van der Waals surface area contributed by atoms with Crippen LogP contribution in [0.25, 0.3) is 0 Å². The van der Waals surface area contributed by atoms with Crippen molar-refractivity contribution in [1.29, 1.82) is 0 Å². The molecule has 3 amide bonds. The summed E-state index contributed by atoms with van der Waals surface area (Å²) in [5, 5.41) is 0. The first kappa shape index (κ1) is 20.8. The molecule has 1 aromatic heterocycles. The Labute approximate surface area is 188 Å². The molecule has 2 unspecified atom stereocenters. The first-order valence-electron chi connectivity index (χ1n) is 11.5. The van der Waals surface area contributed by atoms with Gasteiger partial charge in [0.1, 0.15) is 11.4 Å². The van der Waals surface area contributed by atoms with Crippen molar-refractivity contribution < 1.29 is 18.8 Å². The van der Waals surface area contributed by atoms with Gasteiger partial charge in [-0.3, -0.25) is 19.3 Å². The topological polar surface area (TPSA) is 74.1 Å². The molecule has 1 saturated heterocycles. The lowest BCUT2D eigenvalue weighted by Crippen LogP contribution is -2.62. The molecule has 168 valence electrons. The molecule has 7 heteroatoms. The summed E-state index contributed by atoms with van der Waals surface area (Å²) in [4.78, 5) is 44.7. The number of benzene rings is 1. The van der Waals surface area contributed by atoms with Gasteiger partial charge in [-0.25, -0.2) is 0 Å². The second-order valence-electron chi connectivity index (χ2n) is 9.25. The minimum absolute atomic E-state index is 0.0423. The molecular weight excluding hydrogens is 406 g/mol. The third-order valence-corrected chi connectivity index (χ3v) is 7.12. The van der Waals surface area contributed by atoms with Gasteiger partial charge in [0.25, 0.3) is 5.91 Å². The third kappa shape index (κ3) is 3.31. The van der Waals surface area contributed by atoms with E-state index in [1.165, 1.54) is 0 Å². The summed E-state index contributed by atoms with van der Waals surface area (Å²) in [5.74, 6) is 0.858. The standard InChI is InChI=1S/C25H29N3O4/c1-17(21-9-6-16-32-21)27(18-11-12-18)22(29)10-5-15-26-24(31)19-7-3-4-8-20(19)28-23(30)13-14-25(26,28)2/h3-4,6-9,16-18H,5,10-15H2,1-2H3. The third-order valence-electron chi connectivity index (χ3n) is 7.12. The minimum atomic E-state index is -0.677. The molecule has 7 nitrogen and oxygen atoms in total. The summed E-state index contributed by atoms with van der Waals surface area (Å²) in [6, 6.07) is 11.2. The summed E-state index contributed by atoms with van der Waals surface area (Å²) in [7, 11) is 0. The average Bonchev–Trinajstić information content (AvgIpc) is 3.34. The van der Waals surface area contributed by atoms with Crippen LogP contribution in [0.2, 0.25) is 0 Å². The predicted molar refractivity (Wildman–Crippen MR) is 119 cm³/mol. The Morgan fingerprint density at radius 2 is 2.00 bits per heavy atom. The molecule has 3 aliphatic rings. The Hall–Kier alpha value is -3.09. The number of rotatable bonds is 7. The predicted octanol–water partition coefficient (Wildman–Crippen LogP) is 4.11. The summed E-state index contributed by atoms with van der Waals surface area (Å²) < 4.78 is 5.54. The molecule has 2 aromatic rings. The zero-order chi connectivity index (χ0) is 22.5. The number of carbonyl (C=O) groups excluding carboxylic acids is 3. The van der Waals surface area contributed by atoms with Crippen LogP contribution in [0.5, 0.6) is 0 Å². The largest absolute Gasteiger partial charge is 0.467 e. The van der Waals surface area contributed by atoms with Crippen LogP contribution in [-0.4, -0.2) is 45.8 Å². The van der Waals surface area contributed by atoms with E-state index in [9.17, 15) is 14.4 Å². The van der Waals surface area contributed by atoms with Crippen LogP contribution < -0.4 is 4.90 Å². The van der Waals surface area contributed by atoms with Crippen molar-refractivity contribution in [2.45, 2.75) is 70.1 Å². The zero-order valence-corrected chi connectivity index (χ0v) is 18.6. The van der Waals surface area contributed by atoms with Crippen molar-refractivity contribution in [3.05, 3.63) is 54.0 Å². The highest BCUT2D eigenvalue weighted by molar-refractivity contribution is 6.10. The van der Waals surface area contributed by atoms with Crippen molar-refractivity contribution in [3.8, 4) is 0 Å². The number of para-hydroxylation sites is 1. The summed E-state index contributed by atoms with van der Waals surface area (Å²) >= 11 is 0. The van der Waals surface area contributed by atoms with E-state index in [0.717, 1.165) is 18.6 Å². The monoisotopic (exact) mass is 435 g/mol. The Balaban J connectivity index is 1.31. The van der Waals surface area contributed by atoms with Crippen molar-refractivity contribution in [2.75, 3.05) is 11.4 Å². The van der Waals surface area contributed by atoms with E-state index in [1.807, 2.05) is 49.1 Å². The van der Waals surface area contributed by atoms with E-state index < -0.39 is 5.66 Å². The normalized spacial score (nSPS) is 23.2. The summed E-state index contributed by atoms with van der Waals surface area (Å²) in [6.07, 6.45) is 5.61.